The molecule has 0 saturated heterocycles. The zero-order valence-corrected chi connectivity index (χ0v) is 11.0. The minimum absolute atomic E-state index is 0.865. The first-order chi connectivity index (χ1) is 7.85. The highest BCUT2D eigenvalue weighted by Crippen LogP contribution is 1.93. The highest BCUT2D eigenvalue weighted by Gasteiger charge is 1.95. The Morgan fingerprint density at radius 1 is 1.06 bits per heavy atom. The third kappa shape index (κ3) is 9.77. The van der Waals surface area contributed by atoms with Crippen molar-refractivity contribution in [2.24, 2.45) is 4.99 Å². The molecule has 0 spiro atoms. The van der Waals surface area contributed by atoms with Gasteiger partial charge in [-0.3, -0.25) is 4.99 Å². The van der Waals surface area contributed by atoms with Crippen LogP contribution >= 0.6 is 0 Å². The number of guanidine groups is 1. The van der Waals surface area contributed by atoms with Crippen molar-refractivity contribution in [2.75, 3.05) is 33.9 Å². The average Bonchev–Trinajstić information content (AvgIpc) is 2.31. The maximum Gasteiger partial charge on any atom is 0.190 e. The normalized spacial score (nSPS) is 11.6. The van der Waals surface area contributed by atoms with E-state index in [2.05, 4.69) is 22.5 Å². The van der Waals surface area contributed by atoms with E-state index in [0.29, 0.717) is 0 Å². The molecular formula is C12H27N3O. The van der Waals surface area contributed by atoms with Crippen LogP contribution in [0, 0.1) is 0 Å². The van der Waals surface area contributed by atoms with E-state index in [4.69, 9.17) is 4.74 Å². The second-order valence-corrected chi connectivity index (χ2v) is 3.83. The van der Waals surface area contributed by atoms with Crippen molar-refractivity contribution in [2.45, 2.75) is 39.0 Å². The molecule has 0 bridgehead atoms. The van der Waals surface area contributed by atoms with Gasteiger partial charge >= 0.3 is 0 Å². The van der Waals surface area contributed by atoms with Gasteiger partial charge in [0.05, 0.1) is 0 Å². The van der Waals surface area contributed by atoms with Crippen LogP contribution in [0.4, 0.5) is 0 Å². The third-order valence-electron chi connectivity index (χ3n) is 2.36. The van der Waals surface area contributed by atoms with Crippen molar-refractivity contribution in [3.8, 4) is 0 Å². The Kier molecular flexibility index (Phi) is 11.7. The third-order valence-corrected chi connectivity index (χ3v) is 2.36. The summed E-state index contributed by atoms with van der Waals surface area (Å²) in [6, 6.07) is 0. The van der Waals surface area contributed by atoms with Crippen molar-refractivity contribution in [1.29, 1.82) is 0 Å². The van der Waals surface area contributed by atoms with Gasteiger partial charge in [0.25, 0.3) is 0 Å². The molecule has 0 aromatic heterocycles. The van der Waals surface area contributed by atoms with Crippen LogP contribution < -0.4 is 10.6 Å². The van der Waals surface area contributed by atoms with Gasteiger partial charge in [0.2, 0.25) is 0 Å². The molecule has 0 aromatic carbocycles. The Morgan fingerprint density at radius 2 is 1.75 bits per heavy atom. The van der Waals surface area contributed by atoms with E-state index in [-0.39, 0.29) is 0 Å². The predicted octanol–water partition coefficient (Wildman–Crippen LogP) is 1.77. The molecule has 0 amide bonds. The van der Waals surface area contributed by atoms with Gasteiger partial charge in [-0.1, -0.05) is 13.3 Å². The SMILES string of the molecule is CCCCNC(=NC)NCCCCCOC. The number of ether oxygens (including phenoxy) is 1. The molecule has 0 aliphatic carbocycles. The smallest absolute Gasteiger partial charge is 0.190 e. The lowest BCUT2D eigenvalue weighted by Crippen LogP contribution is -2.38. The second kappa shape index (κ2) is 12.3. The van der Waals surface area contributed by atoms with Crippen LogP contribution in [0.5, 0.6) is 0 Å². The number of rotatable bonds is 9. The van der Waals surface area contributed by atoms with Gasteiger partial charge in [-0.05, 0) is 25.7 Å². The van der Waals surface area contributed by atoms with E-state index in [1.165, 1.54) is 19.3 Å². The summed E-state index contributed by atoms with van der Waals surface area (Å²) < 4.78 is 5.00. The maximum atomic E-state index is 5.00. The standard InChI is InChI=1S/C12H27N3O/c1-4-5-9-14-12(13-2)15-10-7-6-8-11-16-3/h4-11H2,1-3H3,(H2,13,14,15). The number of hydrogen-bond donors (Lipinski definition) is 2. The fourth-order valence-electron chi connectivity index (χ4n) is 1.36. The molecule has 2 N–H and O–H groups in total. The highest BCUT2D eigenvalue weighted by atomic mass is 16.5. The Morgan fingerprint density at radius 3 is 2.31 bits per heavy atom. The van der Waals surface area contributed by atoms with Crippen molar-refractivity contribution >= 4 is 5.96 Å². The monoisotopic (exact) mass is 229 g/mol. The molecule has 0 fully saturated rings. The lowest BCUT2D eigenvalue weighted by atomic mass is 10.2. The van der Waals surface area contributed by atoms with Crippen molar-refractivity contribution < 1.29 is 4.74 Å². The Labute approximate surface area is 99.9 Å². The summed E-state index contributed by atoms with van der Waals surface area (Å²) >= 11 is 0. The van der Waals surface area contributed by atoms with E-state index in [1.54, 1.807) is 7.11 Å². The Bertz CT molecular complexity index is 172. The number of hydrogen-bond acceptors (Lipinski definition) is 2. The first-order valence-corrected chi connectivity index (χ1v) is 6.28. The van der Waals surface area contributed by atoms with E-state index >= 15 is 0 Å². The van der Waals surface area contributed by atoms with Crippen LogP contribution in [-0.2, 0) is 4.74 Å². The fourth-order valence-corrected chi connectivity index (χ4v) is 1.36. The predicted molar refractivity (Wildman–Crippen MR) is 70.0 cm³/mol. The van der Waals surface area contributed by atoms with Crippen LogP contribution in [0.2, 0.25) is 0 Å². The van der Waals surface area contributed by atoms with Gasteiger partial charge in [0.1, 0.15) is 0 Å². The molecule has 4 nitrogen and oxygen atoms in total. The summed E-state index contributed by atoms with van der Waals surface area (Å²) in [4.78, 5) is 4.16. The number of unbranched alkanes of at least 4 members (excludes halogenated alkanes) is 3. The molecule has 4 heteroatoms. The Balaban J connectivity index is 3.34. The van der Waals surface area contributed by atoms with Crippen molar-refractivity contribution in [3.05, 3.63) is 0 Å². The highest BCUT2D eigenvalue weighted by molar-refractivity contribution is 5.79. The molecule has 0 radical (unpaired) electrons. The van der Waals surface area contributed by atoms with Gasteiger partial charge < -0.3 is 15.4 Å². The molecule has 16 heavy (non-hydrogen) atoms. The number of methoxy groups -OCH3 is 1. The number of aliphatic imine (C=N–C) groups is 1. The van der Waals surface area contributed by atoms with Gasteiger partial charge in [0, 0.05) is 33.9 Å². The summed E-state index contributed by atoms with van der Waals surface area (Å²) in [6.45, 7) is 5.03. The van der Waals surface area contributed by atoms with Crippen LogP contribution in [-0.4, -0.2) is 39.8 Å². The first kappa shape index (κ1) is 15.2. The molecule has 0 saturated carbocycles. The fraction of sp³-hybridized carbons (Fsp3) is 0.917. The summed E-state index contributed by atoms with van der Waals surface area (Å²) in [5.41, 5.74) is 0. The zero-order chi connectivity index (χ0) is 12.1. The van der Waals surface area contributed by atoms with Crippen LogP contribution in [0.1, 0.15) is 39.0 Å². The molecule has 0 rings (SSSR count). The van der Waals surface area contributed by atoms with Crippen LogP contribution in [0.15, 0.2) is 4.99 Å². The summed E-state index contributed by atoms with van der Waals surface area (Å²) in [5.74, 6) is 0.917. The van der Waals surface area contributed by atoms with Gasteiger partial charge in [-0.2, -0.15) is 0 Å². The van der Waals surface area contributed by atoms with Crippen molar-refractivity contribution in [3.63, 3.8) is 0 Å². The molecule has 0 aliphatic heterocycles. The first-order valence-electron chi connectivity index (χ1n) is 6.28. The summed E-state index contributed by atoms with van der Waals surface area (Å²) in [5, 5.41) is 6.59. The maximum absolute atomic E-state index is 5.00. The minimum atomic E-state index is 0.865. The molecule has 0 heterocycles. The minimum Gasteiger partial charge on any atom is -0.385 e. The van der Waals surface area contributed by atoms with E-state index in [0.717, 1.165) is 38.5 Å². The van der Waals surface area contributed by atoms with Gasteiger partial charge in [-0.15, -0.1) is 0 Å². The van der Waals surface area contributed by atoms with Gasteiger partial charge in [0.15, 0.2) is 5.96 Å². The average molecular weight is 229 g/mol. The van der Waals surface area contributed by atoms with Gasteiger partial charge in [-0.25, -0.2) is 0 Å². The quantitative estimate of drug-likeness (QED) is 0.360. The number of nitrogens with one attached hydrogen (secondary N) is 2. The van der Waals surface area contributed by atoms with Crippen LogP contribution in [0.3, 0.4) is 0 Å². The molecular weight excluding hydrogens is 202 g/mol. The lowest BCUT2D eigenvalue weighted by Gasteiger charge is -2.11. The zero-order valence-electron chi connectivity index (χ0n) is 11.0. The summed E-state index contributed by atoms with van der Waals surface area (Å²) in [6.07, 6.45) is 5.90. The summed E-state index contributed by atoms with van der Waals surface area (Å²) in [7, 11) is 3.56. The number of nitrogens with zero attached hydrogens (tertiary/aromatic N) is 1. The largest absolute Gasteiger partial charge is 0.385 e. The molecule has 96 valence electrons. The lowest BCUT2D eigenvalue weighted by molar-refractivity contribution is 0.192. The van der Waals surface area contributed by atoms with E-state index in [1.807, 2.05) is 7.05 Å². The molecule has 0 atom stereocenters. The van der Waals surface area contributed by atoms with E-state index < -0.39 is 0 Å². The van der Waals surface area contributed by atoms with Crippen molar-refractivity contribution in [1.82, 2.24) is 10.6 Å². The van der Waals surface area contributed by atoms with Crippen LogP contribution in [0.25, 0.3) is 0 Å². The molecule has 0 aliphatic rings. The Hall–Kier alpha value is -0.770. The molecule has 0 unspecified atom stereocenters. The molecule has 0 aromatic rings. The van der Waals surface area contributed by atoms with E-state index in [9.17, 15) is 0 Å². The topological polar surface area (TPSA) is 45.7 Å². The second-order valence-electron chi connectivity index (χ2n) is 3.83.